The molecular formula is C22H26N4O2S. The Kier molecular flexibility index (Phi) is 5.76. The second-order valence-electron chi connectivity index (χ2n) is 7.61. The van der Waals surface area contributed by atoms with Crippen molar-refractivity contribution >= 4 is 23.5 Å². The molecule has 29 heavy (non-hydrogen) atoms. The quantitative estimate of drug-likeness (QED) is 0.424. The number of anilines is 1. The van der Waals surface area contributed by atoms with E-state index in [0.717, 1.165) is 46.6 Å². The normalized spacial score (nSPS) is 14.0. The van der Waals surface area contributed by atoms with Gasteiger partial charge in [-0.1, -0.05) is 17.8 Å². The number of ketones is 1. The summed E-state index contributed by atoms with van der Waals surface area (Å²) >= 11 is 1.44. The maximum absolute atomic E-state index is 12.9. The largest absolute Gasteiger partial charge is 0.467 e. The van der Waals surface area contributed by atoms with Crippen molar-refractivity contribution in [3.63, 3.8) is 0 Å². The maximum Gasteiger partial charge on any atom is 0.228 e. The summed E-state index contributed by atoms with van der Waals surface area (Å²) in [5, 5.41) is 9.59. The van der Waals surface area contributed by atoms with Crippen LogP contribution in [-0.2, 0) is 6.54 Å². The molecule has 0 amide bonds. The van der Waals surface area contributed by atoms with Crippen molar-refractivity contribution < 1.29 is 9.21 Å². The molecule has 3 heterocycles. The van der Waals surface area contributed by atoms with E-state index in [-0.39, 0.29) is 5.78 Å². The first-order chi connectivity index (χ1) is 14.0. The highest BCUT2D eigenvalue weighted by Crippen LogP contribution is 2.27. The Morgan fingerprint density at radius 1 is 1.10 bits per heavy atom. The van der Waals surface area contributed by atoms with E-state index in [1.54, 1.807) is 6.26 Å². The monoisotopic (exact) mass is 410 g/mol. The van der Waals surface area contributed by atoms with E-state index in [1.807, 2.05) is 32.0 Å². The number of Topliss-reactive ketones (excluding diaryl/α,β-unsaturated/α-hetero) is 1. The molecule has 3 aromatic rings. The average molecular weight is 411 g/mol. The molecule has 1 aliphatic heterocycles. The zero-order valence-electron chi connectivity index (χ0n) is 17.1. The predicted octanol–water partition coefficient (Wildman–Crippen LogP) is 4.42. The van der Waals surface area contributed by atoms with Gasteiger partial charge in [0.25, 0.3) is 0 Å². The minimum atomic E-state index is 0.117. The number of furan rings is 1. The molecule has 0 aliphatic carbocycles. The van der Waals surface area contributed by atoms with Gasteiger partial charge in [0.2, 0.25) is 5.95 Å². The summed E-state index contributed by atoms with van der Waals surface area (Å²) in [7, 11) is 0. The molecule has 0 unspecified atom stereocenters. The number of carbonyl (C=O) groups excluding carboxylic acids is 1. The highest BCUT2D eigenvalue weighted by atomic mass is 32.2. The number of hydrogen-bond acceptors (Lipinski definition) is 6. The third-order valence-corrected chi connectivity index (χ3v) is 6.42. The minimum Gasteiger partial charge on any atom is -0.467 e. The van der Waals surface area contributed by atoms with Crippen molar-refractivity contribution in [3.05, 3.63) is 58.5 Å². The van der Waals surface area contributed by atoms with Gasteiger partial charge in [-0.15, -0.1) is 10.2 Å². The van der Waals surface area contributed by atoms with Crippen LogP contribution in [0.1, 0.15) is 45.7 Å². The molecule has 0 radical (unpaired) electrons. The van der Waals surface area contributed by atoms with Crippen LogP contribution in [0.25, 0.3) is 0 Å². The fourth-order valence-corrected chi connectivity index (χ4v) is 4.52. The van der Waals surface area contributed by atoms with Crippen molar-refractivity contribution in [1.29, 1.82) is 0 Å². The Balaban J connectivity index is 1.55. The standard InChI is InChI=1S/C22H26N4O2S/c1-15-11-17(3)19(12-16(15)2)20(27)14-29-22-24-23-21(25-8-4-5-9-25)26(22)13-18-7-6-10-28-18/h6-7,10-12H,4-5,8-9,13-14H2,1-3H3. The highest BCUT2D eigenvalue weighted by molar-refractivity contribution is 7.99. The van der Waals surface area contributed by atoms with E-state index in [4.69, 9.17) is 4.42 Å². The molecule has 1 saturated heterocycles. The highest BCUT2D eigenvalue weighted by Gasteiger charge is 2.23. The topological polar surface area (TPSA) is 64.2 Å². The number of carbonyl (C=O) groups is 1. The van der Waals surface area contributed by atoms with Gasteiger partial charge >= 0.3 is 0 Å². The third-order valence-electron chi connectivity index (χ3n) is 5.45. The summed E-state index contributed by atoms with van der Waals surface area (Å²) < 4.78 is 7.61. The van der Waals surface area contributed by atoms with Gasteiger partial charge in [-0.2, -0.15) is 0 Å². The van der Waals surface area contributed by atoms with Crippen molar-refractivity contribution in [3.8, 4) is 0 Å². The number of aromatic nitrogens is 3. The van der Waals surface area contributed by atoms with E-state index in [2.05, 4.69) is 32.7 Å². The average Bonchev–Trinajstić information content (AvgIpc) is 3.45. The van der Waals surface area contributed by atoms with Crippen LogP contribution in [0.2, 0.25) is 0 Å². The second kappa shape index (κ2) is 8.45. The number of thioether (sulfide) groups is 1. The molecule has 6 nitrogen and oxygen atoms in total. The van der Waals surface area contributed by atoms with Gasteiger partial charge in [-0.3, -0.25) is 9.36 Å². The number of nitrogens with zero attached hydrogens (tertiary/aromatic N) is 4. The summed E-state index contributed by atoms with van der Waals surface area (Å²) in [6.45, 7) is 8.65. The lowest BCUT2D eigenvalue weighted by Crippen LogP contribution is -2.22. The summed E-state index contributed by atoms with van der Waals surface area (Å²) in [6, 6.07) is 7.91. The van der Waals surface area contributed by atoms with Crippen LogP contribution >= 0.6 is 11.8 Å². The summed E-state index contributed by atoms with van der Waals surface area (Å²) in [5.74, 6) is 2.16. The zero-order chi connectivity index (χ0) is 20.4. The smallest absolute Gasteiger partial charge is 0.228 e. The molecule has 0 atom stereocenters. The fourth-order valence-electron chi connectivity index (χ4n) is 3.70. The number of benzene rings is 1. The molecule has 0 bridgehead atoms. The van der Waals surface area contributed by atoms with Crippen LogP contribution in [-0.4, -0.2) is 39.4 Å². The van der Waals surface area contributed by atoms with E-state index in [0.29, 0.717) is 12.3 Å². The summed E-state index contributed by atoms with van der Waals surface area (Å²) in [5.41, 5.74) is 4.16. The zero-order valence-corrected chi connectivity index (χ0v) is 18.0. The van der Waals surface area contributed by atoms with Gasteiger partial charge in [0.05, 0.1) is 18.6 Å². The lowest BCUT2D eigenvalue weighted by Gasteiger charge is -2.17. The lowest BCUT2D eigenvalue weighted by atomic mass is 9.99. The maximum atomic E-state index is 12.9. The van der Waals surface area contributed by atoms with Gasteiger partial charge < -0.3 is 9.32 Å². The van der Waals surface area contributed by atoms with E-state index in [1.165, 1.54) is 30.2 Å². The molecule has 7 heteroatoms. The number of rotatable bonds is 7. The minimum absolute atomic E-state index is 0.117. The molecule has 0 N–H and O–H groups in total. The van der Waals surface area contributed by atoms with E-state index >= 15 is 0 Å². The van der Waals surface area contributed by atoms with Gasteiger partial charge in [-0.05, 0) is 68.5 Å². The van der Waals surface area contributed by atoms with Crippen LogP contribution in [0, 0.1) is 20.8 Å². The first-order valence-corrected chi connectivity index (χ1v) is 11.0. The Labute approximate surface area is 175 Å². The lowest BCUT2D eigenvalue weighted by molar-refractivity contribution is 0.102. The molecule has 0 spiro atoms. The molecule has 0 saturated carbocycles. The van der Waals surface area contributed by atoms with Crippen molar-refractivity contribution in [2.45, 2.75) is 45.3 Å². The van der Waals surface area contributed by atoms with Gasteiger partial charge in [0.1, 0.15) is 5.76 Å². The van der Waals surface area contributed by atoms with Crippen LogP contribution in [0.15, 0.2) is 40.1 Å². The molecule has 152 valence electrons. The van der Waals surface area contributed by atoms with E-state index < -0.39 is 0 Å². The molecule has 4 rings (SSSR count). The third kappa shape index (κ3) is 4.24. The summed E-state index contributed by atoms with van der Waals surface area (Å²) in [6.07, 6.45) is 4.01. The Hall–Kier alpha value is -2.54. The number of hydrogen-bond donors (Lipinski definition) is 0. The van der Waals surface area contributed by atoms with Crippen LogP contribution < -0.4 is 4.90 Å². The Morgan fingerprint density at radius 3 is 2.59 bits per heavy atom. The Morgan fingerprint density at radius 2 is 1.86 bits per heavy atom. The SMILES string of the molecule is Cc1cc(C)c(C(=O)CSc2nnc(N3CCCC3)n2Cc2ccco2)cc1C. The fraction of sp³-hybridized carbons (Fsp3) is 0.409. The van der Waals surface area contributed by atoms with Gasteiger partial charge in [-0.25, -0.2) is 0 Å². The van der Waals surface area contributed by atoms with Crippen molar-refractivity contribution in [2.24, 2.45) is 0 Å². The first-order valence-electron chi connectivity index (χ1n) is 9.97. The second-order valence-corrected chi connectivity index (χ2v) is 8.55. The summed E-state index contributed by atoms with van der Waals surface area (Å²) in [4.78, 5) is 15.1. The molecule has 1 aromatic carbocycles. The van der Waals surface area contributed by atoms with Gasteiger partial charge in [0.15, 0.2) is 10.9 Å². The molecule has 1 aliphatic rings. The van der Waals surface area contributed by atoms with Crippen LogP contribution in [0.3, 0.4) is 0 Å². The van der Waals surface area contributed by atoms with Gasteiger partial charge in [0, 0.05) is 18.7 Å². The number of aryl methyl sites for hydroxylation is 3. The van der Waals surface area contributed by atoms with Crippen LogP contribution in [0.4, 0.5) is 5.95 Å². The predicted molar refractivity (Wildman–Crippen MR) is 115 cm³/mol. The van der Waals surface area contributed by atoms with Crippen LogP contribution in [0.5, 0.6) is 0 Å². The first kappa shape index (κ1) is 19.8. The molecule has 1 fully saturated rings. The Bertz CT molecular complexity index is 1000. The van der Waals surface area contributed by atoms with E-state index in [9.17, 15) is 4.79 Å². The molecular weight excluding hydrogens is 384 g/mol. The van der Waals surface area contributed by atoms with Crippen molar-refractivity contribution in [2.75, 3.05) is 23.7 Å². The van der Waals surface area contributed by atoms with Crippen molar-refractivity contribution in [1.82, 2.24) is 14.8 Å². The molecule has 2 aromatic heterocycles.